The van der Waals surface area contributed by atoms with Gasteiger partial charge in [0.1, 0.15) is 0 Å². The highest BCUT2D eigenvalue weighted by atomic mass is 14.7. The zero-order valence-electron chi connectivity index (χ0n) is 13.7. The summed E-state index contributed by atoms with van der Waals surface area (Å²) in [6.45, 7) is 4.21. The fourth-order valence-corrected chi connectivity index (χ4v) is 3.40. The number of nitriles is 1. The fraction of sp³-hybridized carbons (Fsp3) is 0.0909. The molecule has 0 aliphatic rings. The van der Waals surface area contributed by atoms with Gasteiger partial charge in [-0.15, -0.1) is 0 Å². The van der Waals surface area contributed by atoms with E-state index in [1.807, 2.05) is 30.5 Å². The van der Waals surface area contributed by atoms with E-state index in [0.29, 0.717) is 5.56 Å². The van der Waals surface area contributed by atoms with Crippen molar-refractivity contribution >= 4 is 21.5 Å². The summed E-state index contributed by atoms with van der Waals surface area (Å²) in [6.07, 6.45) is 1.85. The van der Waals surface area contributed by atoms with Gasteiger partial charge < -0.3 is 0 Å². The first-order valence-electron chi connectivity index (χ1n) is 7.96. The largest absolute Gasteiger partial charge is 0.256 e. The Morgan fingerprint density at radius 3 is 2.29 bits per heavy atom. The second-order valence-electron chi connectivity index (χ2n) is 6.24. The first kappa shape index (κ1) is 14.4. The predicted octanol–water partition coefficient (Wildman–Crippen LogP) is 5.54. The summed E-state index contributed by atoms with van der Waals surface area (Å²) in [7, 11) is 0. The molecular weight excluding hydrogens is 292 g/mol. The quantitative estimate of drug-likeness (QED) is 0.433. The van der Waals surface area contributed by atoms with Crippen LogP contribution in [0.25, 0.3) is 32.8 Å². The third-order valence-electron chi connectivity index (χ3n) is 4.39. The van der Waals surface area contributed by atoms with Gasteiger partial charge in [-0.2, -0.15) is 5.26 Å². The summed E-state index contributed by atoms with van der Waals surface area (Å²) >= 11 is 0. The minimum Gasteiger partial charge on any atom is -0.256 e. The number of aromatic nitrogens is 1. The Bertz CT molecular complexity index is 1110. The molecule has 0 amide bonds. The maximum Gasteiger partial charge on any atom is 0.0991 e. The maximum absolute atomic E-state index is 9.20. The molecule has 0 spiro atoms. The molecule has 24 heavy (non-hydrogen) atoms. The summed E-state index contributed by atoms with van der Waals surface area (Å²) in [5.41, 5.74) is 5.27. The minimum atomic E-state index is 0.680. The highest BCUT2D eigenvalue weighted by Gasteiger charge is 2.09. The van der Waals surface area contributed by atoms with Crippen LogP contribution in [0.15, 0.2) is 60.8 Å². The van der Waals surface area contributed by atoms with Crippen LogP contribution >= 0.6 is 0 Å². The van der Waals surface area contributed by atoms with E-state index in [0.717, 1.165) is 32.8 Å². The smallest absolute Gasteiger partial charge is 0.0991 e. The van der Waals surface area contributed by atoms with Gasteiger partial charge in [-0.25, -0.2) is 0 Å². The lowest BCUT2D eigenvalue weighted by Crippen LogP contribution is -1.89. The van der Waals surface area contributed by atoms with Crippen LogP contribution in [0.3, 0.4) is 0 Å². The van der Waals surface area contributed by atoms with E-state index in [-0.39, 0.29) is 0 Å². The summed E-state index contributed by atoms with van der Waals surface area (Å²) in [5, 5.41) is 13.7. The summed E-state index contributed by atoms with van der Waals surface area (Å²) in [6, 6.07) is 20.8. The first-order valence-corrected chi connectivity index (χ1v) is 7.96. The molecule has 0 saturated heterocycles. The first-order chi connectivity index (χ1) is 11.7. The lowest BCUT2D eigenvalue weighted by Gasteiger charge is -2.10. The summed E-state index contributed by atoms with van der Waals surface area (Å²) in [4.78, 5) is 4.64. The average Bonchev–Trinajstić information content (AvgIpc) is 2.59. The van der Waals surface area contributed by atoms with Crippen LogP contribution in [0.2, 0.25) is 0 Å². The zero-order valence-corrected chi connectivity index (χ0v) is 13.7. The van der Waals surface area contributed by atoms with E-state index in [1.54, 1.807) is 0 Å². The number of hydrogen-bond acceptors (Lipinski definition) is 2. The van der Waals surface area contributed by atoms with Crippen LogP contribution in [-0.2, 0) is 0 Å². The molecule has 0 N–H and O–H groups in total. The van der Waals surface area contributed by atoms with Gasteiger partial charge >= 0.3 is 0 Å². The molecule has 0 bridgehead atoms. The third-order valence-corrected chi connectivity index (χ3v) is 4.39. The second kappa shape index (κ2) is 5.47. The number of benzene rings is 3. The van der Waals surface area contributed by atoms with Gasteiger partial charge in [0.15, 0.2) is 0 Å². The number of nitrogens with zero attached hydrogens (tertiary/aromatic N) is 2. The van der Waals surface area contributed by atoms with E-state index in [4.69, 9.17) is 0 Å². The molecule has 0 atom stereocenters. The van der Waals surface area contributed by atoms with Crippen LogP contribution in [0.1, 0.15) is 16.7 Å². The Hall–Kier alpha value is -3.18. The van der Waals surface area contributed by atoms with Crippen molar-refractivity contribution in [3.8, 4) is 17.3 Å². The van der Waals surface area contributed by atoms with Gasteiger partial charge in [0, 0.05) is 17.1 Å². The number of rotatable bonds is 1. The molecule has 114 valence electrons. The SMILES string of the molecule is Cc1cc(C)cc(-c2nccc3c2ccc2ccc(C#N)cc23)c1. The monoisotopic (exact) mass is 308 g/mol. The molecule has 0 saturated carbocycles. The van der Waals surface area contributed by atoms with Crippen LogP contribution in [0, 0.1) is 25.2 Å². The van der Waals surface area contributed by atoms with Crippen molar-refractivity contribution in [1.29, 1.82) is 5.26 Å². The molecule has 0 unspecified atom stereocenters. The Labute approximate surface area is 141 Å². The van der Waals surface area contributed by atoms with E-state index in [9.17, 15) is 5.26 Å². The van der Waals surface area contributed by atoms with E-state index in [1.165, 1.54) is 11.1 Å². The Kier molecular flexibility index (Phi) is 3.29. The van der Waals surface area contributed by atoms with Gasteiger partial charge in [-0.05, 0) is 60.3 Å². The molecule has 4 aromatic rings. The maximum atomic E-state index is 9.20. The van der Waals surface area contributed by atoms with Crippen molar-refractivity contribution < 1.29 is 0 Å². The Morgan fingerprint density at radius 1 is 0.792 bits per heavy atom. The van der Waals surface area contributed by atoms with Crippen LogP contribution in [-0.4, -0.2) is 4.98 Å². The van der Waals surface area contributed by atoms with Gasteiger partial charge in [0.05, 0.1) is 17.3 Å². The van der Waals surface area contributed by atoms with Crippen molar-refractivity contribution in [2.75, 3.05) is 0 Å². The molecule has 3 aromatic carbocycles. The van der Waals surface area contributed by atoms with Crippen molar-refractivity contribution in [3.05, 3.63) is 77.5 Å². The van der Waals surface area contributed by atoms with Crippen LogP contribution < -0.4 is 0 Å². The second-order valence-corrected chi connectivity index (χ2v) is 6.24. The molecule has 2 nitrogen and oxygen atoms in total. The molecule has 0 aliphatic heterocycles. The molecule has 0 aliphatic carbocycles. The van der Waals surface area contributed by atoms with E-state index < -0.39 is 0 Å². The predicted molar refractivity (Wildman–Crippen MR) is 98.9 cm³/mol. The van der Waals surface area contributed by atoms with Gasteiger partial charge in [0.25, 0.3) is 0 Å². The standard InChI is InChI=1S/C22H16N2/c1-14-9-15(2)11-18(10-14)22-20-6-5-17-4-3-16(13-23)12-21(17)19(20)7-8-24-22/h3-12H,1-2H3. The van der Waals surface area contributed by atoms with Gasteiger partial charge in [0.2, 0.25) is 0 Å². The fourth-order valence-electron chi connectivity index (χ4n) is 3.40. The number of fused-ring (bicyclic) bond motifs is 3. The van der Waals surface area contributed by atoms with Crippen molar-refractivity contribution in [3.63, 3.8) is 0 Å². The molecule has 1 aromatic heterocycles. The molecule has 1 heterocycles. The van der Waals surface area contributed by atoms with Crippen molar-refractivity contribution in [2.24, 2.45) is 0 Å². The normalized spacial score (nSPS) is 10.9. The summed E-state index contributed by atoms with van der Waals surface area (Å²) in [5.74, 6) is 0. The molecule has 0 fully saturated rings. The number of pyridine rings is 1. The summed E-state index contributed by atoms with van der Waals surface area (Å²) < 4.78 is 0. The Morgan fingerprint density at radius 2 is 1.54 bits per heavy atom. The van der Waals surface area contributed by atoms with Crippen LogP contribution in [0.4, 0.5) is 0 Å². The lowest BCUT2D eigenvalue weighted by atomic mass is 9.96. The Balaban J connectivity index is 2.08. The highest BCUT2D eigenvalue weighted by Crippen LogP contribution is 2.32. The molecule has 0 radical (unpaired) electrons. The molecule has 4 rings (SSSR count). The minimum absolute atomic E-state index is 0.680. The highest BCUT2D eigenvalue weighted by molar-refractivity contribution is 6.11. The van der Waals surface area contributed by atoms with Crippen molar-refractivity contribution in [1.82, 2.24) is 4.98 Å². The van der Waals surface area contributed by atoms with E-state index in [2.05, 4.69) is 55.2 Å². The number of aryl methyl sites for hydroxylation is 2. The average molecular weight is 308 g/mol. The molecular formula is C22H16N2. The van der Waals surface area contributed by atoms with Gasteiger partial charge in [-0.1, -0.05) is 35.4 Å². The van der Waals surface area contributed by atoms with Gasteiger partial charge in [-0.3, -0.25) is 4.98 Å². The van der Waals surface area contributed by atoms with Crippen molar-refractivity contribution in [2.45, 2.75) is 13.8 Å². The third kappa shape index (κ3) is 2.31. The topological polar surface area (TPSA) is 36.7 Å². The zero-order chi connectivity index (χ0) is 16.7. The lowest BCUT2D eigenvalue weighted by molar-refractivity contribution is 1.33. The van der Waals surface area contributed by atoms with Crippen LogP contribution in [0.5, 0.6) is 0 Å². The number of hydrogen-bond donors (Lipinski definition) is 0. The van der Waals surface area contributed by atoms with E-state index >= 15 is 0 Å². The molecule has 2 heteroatoms.